The van der Waals surface area contributed by atoms with Crippen molar-refractivity contribution in [3.8, 4) is 0 Å². The van der Waals surface area contributed by atoms with Gasteiger partial charge in [-0.3, -0.25) is 4.79 Å². The SMILES string of the molecule is C[C@H]1CC[C@]2(OC1)O[C@@H]1C[C@H]3[C@@H]4CC(=O)[C@H]5C[C@@H](O)CC[C@]5(C)[C@H]4CC[C@]3(C)[C@H]1[C@@H]2C. The Morgan fingerprint density at radius 2 is 1.74 bits per heavy atom. The average molecular weight is 431 g/mol. The molecule has 2 heterocycles. The summed E-state index contributed by atoms with van der Waals surface area (Å²) in [4.78, 5) is 13.3. The number of aliphatic hydroxyl groups excluding tert-OH is 1. The highest BCUT2D eigenvalue weighted by Gasteiger charge is 2.69. The maximum atomic E-state index is 13.3. The summed E-state index contributed by atoms with van der Waals surface area (Å²) in [5.41, 5.74) is 0.355. The molecular formula is C27H42O4. The predicted octanol–water partition coefficient (Wildman–Crippen LogP) is 4.97. The quantitative estimate of drug-likeness (QED) is 0.589. The lowest BCUT2D eigenvalue weighted by Gasteiger charge is -2.60. The van der Waals surface area contributed by atoms with E-state index in [4.69, 9.17) is 9.47 Å². The molecule has 0 amide bonds. The van der Waals surface area contributed by atoms with Gasteiger partial charge >= 0.3 is 0 Å². The lowest BCUT2D eigenvalue weighted by molar-refractivity contribution is -0.273. The number of ketones is 1. The molecule has 1 N–H and O–H groups in total. The molecule has 2 saturated heterocycles. The van der Waals surface area contributed by atoms with Crippen molar-refractivity contribution in [3.05, 3.63) is 0 Å². The number of rotatable bonds is 0. The number of ether oxygens (including phenoxy) is 2. The first kappa shape index (κ1) is 21.1. The summed E-state index contributed by atoms with van der Waals surface area (Å²) in [5.74, 6) is 3.53. The number of carbonyl (C=O) groups excluding carboxylic acids is 1. The zero-order valence-corrected chi connectivity index (χ0v) is 19.9. The standard InChI is InChI=1S/C27H42O4/c1-15-5-10-27(30-14-15)16(2)24-23(31-27)13-20-18-12-22(29)21-11-17(28)6-8-25(21,3)19(18)7-9-26(20,24)4/h15-21,23-24,28H,5-14H2,1-4H3/t15-,16-,17-,18+,19-,20-,21+,23+,24-,25+,26-,27-/m0/s1. The van der Waals surface area contributed by atoms with Gasteiger partial charge in [0, 0.05) is 24.7 Å². The van der Waals surface area contributed by atoms with Crippen molar-refractivity contribution < 1.29 is 19.4 Å². The molecule has 0 aromatic heterocycles. The first-order chi connectivity index (χ1) is 14.7. The van der Waals surface area contributed by atoms with Crippen LogP contribution in [0.1, 0.15) is 85.5 Å². The lowest BCUT2D eigenvalue weighted by Crippen LogP contribution is -2.57. The largest absolute Gasteiger partial charge is 0.393 e. The third kappa shape index (κ3) is 2.74. The van der Waals surface area contributed by atoms with E-state index in [0.29, 0.717) is 53.8 Å². The van der Waals surface area contributed by atoms with E-state index < -0.39 is 0 Å². The van der Waals surface area contributed by atoms with Crippen molar-refractivity contribution in [2.75, 3.05) is 6.61 Å². The summed E-state index contributed by atoms with van der Waals surface area (Å²) in [5, 5.41) is 10.3. The van der Waals surface area contributed by atoms with Gasteiger partial charge in [0.05, 0.1) is 18.8 Å². The van der Waals surface area contributed by atoms with Crippen LogP contribution in [0, 0.1) is 52.3 Å². The minimum atomic E-state index is -0.356. The molecule has 0 bridgehead atoms. The van der Waals surface area contributed by atoms with Gasteiger partial charge in [-0.1, -0.05) is 27.7 Å². The van der Waals surface area contributed by atoms with E-state index in [1.165, 1.54) is 19.3 Å². The number of aliphatic hydroxyl groups is 1. The van der Waals surface area contributed by atoms with Gasteiger partial charge in [0.1, 0.15) is 5.78 Å². The Kier molecular flexibility index (Phi) is 4.62. The van der Waals surface area contributed by atoms with Crippen molar-refractivity contribution in [3.63, 3.8) is 0 Å². The van der Waals surface area contributed by atoms with E-state index in [0.717, 1.165) is 38.7 Å². The Balaban J connectivity index is 1.28. The summed E-state index contributed by atoms with van der Waals surface area (Å²) in [6.45, 7) is 10.4. The molecule has 4 heteroatoms. The first-order valence-electron chi connectivity index (χ1n) is 13.2. The number of carbonyl (C=O) groups is 1. The molecule has 4 aliphatic carbocycles. The second-order valence-electron chi connectivity index (χ2n) is 13.1. The van der Waals surface area contributed by atoms with E-state index >= 15 is 0 Å². The second-order valence-corrected chi connectivity index (χ2v) is 13.1. The fourth-order valence-corrected chi connectivity index (χ4v) is 10.0. The highest BCUT2D eigenvalue weighted by molar-refractivity contribution is 5.83. The van der Waals surface area contributed by atoms with Crippen molar-refractivity contribution in [2.45, 2.75) is 103 Å². The van der Waals surface area contributed by atoms with Gasteiger partial charge in [0.15, 0.2) is 5.79 Å². The van der Waals surface area contributed by atoms with Crippen molar-refractivity contribution >= 4 is 5.78 Å². The van der Waals surface area contributed by atoms with Crippen LogP contribution in [-0.2, 0) is 14.3 Å². The molecule has 6 aliphatic rings. The van der Waals surface area contributed by atoms with Gasteiger partial charge in [-0.15, -0.1) is 0 Å². The van der Waals surface area contributed by atoms with Gasteiger partial charge in [-0.05, 0) is 85.4 Å². The number of fused-ring (bicyclic) bond motifs is 7. The van der Waals surface area contributed by atoms with Gasteiger partial charge in [-0.25, -0.2) is 0 Å². The summed E-state index contributed by atoms with van der Waals surface area (Å²) in [6.07, 6.45) is 9.21. The molecule has 2 aliphatic heterocycles. The van der Waals surface area contributed by atoms with Gasteiger partial charge < -0.3 is 14.6 Å². The Bertz CT molecular complexity index is 756. The summed E-state index contributed by atoms with van der Waals surface area (Å²) in [6, 6.07) is 0. The topological polar surface area (TPSA) is 55.8 Å². The third-order valence-corrected chi connectivity index (χ3v) is 11.7. The molecule has 6 rings (SSSR count). The van der Waals surface area contributed by atoms with Crippen LogP contribution < -0.4 is 0 Å². The Morgan fingerprint density at radius 3 is 2.48 bits per heavy atom. The van der Waals surface area contributed by atoms with Gasteiger partial charge in [-0.2, -0.15) is 0 Å². The van der Waals surface area contributed by atoms with Crippen LogP contribution in [0.4, 0.5) is 0 Å². The molecular weight excluding hydrogens is 388 g/mol. The smallest absolute Gasteiger partial charge is 0.171 e. The van der Waals surface area contributed by atoms with Crippen LogP contribution in [0.3, 0.4) is 0 Å². The van der Waals surface area contributed by atoms with Gasteiger partial charge in [0.25, 0.3) is 0 Å². The molecule has 174 valence electrons. The van der Waals surface area contributed by atoms with Crippen LogP contribution in [0.2, 0.25) is 0 Å². The maximum absolute atomic E-state index is 13.3. The fourth-order valence-electron chi connectivity index (χ4n) is 10.0. The summed E-state index contributed by atoms with van der Waals surface area (Å²) < 4.78 is 13.3. The zero-order chi connectivity index (χ0) is 21.8. The second kappa shape index (κ2) is 6.79. The van der Waals surface area contributed by atoms with Crippen LogP contribution in [-0.4, -0.2) is 35.5 Å². The van der Waals surface area contributed by atoms with E-state index in [9.17, 15) is 9.90 Å². The molecule has 1 spiro atoms. The monoisotopic (exact) mass is 430 g/mol. The average Bonchev–Trinajstić information content (AvgIpc) is 3.17. The van der Waals surface area contributed by atoms with Crippen molar-refractivity contribution in [1.29, 1.82) is 0 Å². The third-order valence-electron chi connectivity index (χ3n) is 11.7. The molecule has 0 radical (unpaired) electrons. The lowest BCUT2D eigenvalue weighted by atomic mass is 9.44. The van der Waals surface area contributed by atoms with E-state index in [2.05, 4.69) is 27.7 Å². The molecule has 0 aromatic rings. The molecule has 4 saturated carbocycles. The van der Waals surface area contributed by atoms with Crippen LogP contribution in [0.25, 0.3) is 0 Å². The molecule has 4 nitrogen and oxygen atoms in total. The summed E-state index contributed by atoms with van der Waals surface area (Å²) in [7, 11) is 0. The predicted molar refractivity (Wildman–Crippen MR) is 118 cm³/mol. The van der Waals surface area contributed by atoms with Crippen LogP contribution in [0.5, 0.6) is 0 Å². The van der Waals surface area contributed by atoms with E-state index in [-0.39, 0.29) is 28.6 Å². The molecule has 31 heavy (non-hydrogen) atoms. The minimum Gasteiger partial charge on any atom is -0.393 e. The maximum Gasteiger partial charge on any atom is 0.171 e. The Morgan fingerprint density at radius 1 is 0.968 bits per heavy atom. The molecule has 0 aromatic carbocycles. The van der Waals surface area contributed by atoms with Crippen LogP contribution in [0.15, 0.2) is 0 Å². The highest BCUT2D eigenvalue weighted by atomic mass is 16.7. The Labute approximate surface area is 187 Å². The van der Waals surface area contributed by atoms with Crippen LogP contribution >= 0.6 is 0 Å². The normalized spacial score (nSPS) is 60.9. The Hall–Kier alpha value is -0.450. The van der Waals surface area contributed by atoms with Crippen molar-refractivity contribution in [2.24, 2.45) is 52.3 Å². The number of hydrogen-bond donors (Lipinski definition) is 1. The number of Topliss-reactive ketones (excluding diaryl/α,β-unsaturated/α-hetero) is 1. The van der Waals surface area contributed by atoms with Gasteiger partial charge in [0.2, 0.25) is 0 Å². The molecule has 6 fully saturated rings. The number of hydrogen-bond acceptors (Lipinski definition) is 4. The van der Waals surface area contributed by atoms with Crippen molar-refractivity contribution in [1.82, 2.24) is 0 Å². The first-order valence-corrected chi connectivity index (χ1v) is 13.2. The minimum absolute atomic E-state index is 0.0823. The van der Waals surface area contributed by atoms with E-state index in [1.807, 2.05) is 0 Å². The zero-order valence-electron chi connectivity index (χ0n) is 19.9. The molecule has 12 atom stereocenters. The summed E-state index contributed by atoms with van der Waals surface area (Å²) >= 11 is 0. The van der Waals surface area contributed by atoms with E-state index in [1.54, 1.807) is 0 Å². The molecule has 0 unspecified atom stereocenters. The fraction of sp³-hybridized carbons (Fsp3) is 0.963. The highest BCUT2D eigenvalue weighted by Crippen LogP contribution is 2.71.